The quantitative estimate of drug-likeness (QED) is 0.853. The average molecular weight is 262 g/mol. The molecule has 1 aromatic rings. The van der Waals surface area contributed by atoms with Crippen molar-refractivity contribution in [2.75, 3.05) is 17.2 Å². The summed E-state index contributed by atoms with van der Waals surface area (Å²) in [5.41, 5.74) is 1.10. The summed E-state index contributed by atoms with van der Waals surface area (Å²) >= 11 is 0. The molecule has 104 valence electrons. The molecule has 19 heavy (non-hydrogen) atoms. The van der Waals surface area contributed by atoms with Crippen molar-refractivity contribution in [3.8, 4) is 0 Å². The van der Waals surface area contributed by atoms with E-state index >= 15 is 0 Å². The predicted molar refractivity (Wildman–Crippen MR) is 75.5 cm³/mol. The molecule has 2 saturated heterocycles. The van der Waals surface area contributed by atoms with Gasteiger partial charge in [-0.3, -0.25) is 0 Å². The van der Waals surface area contributed by atoms with E-state index in [1.54, 1.807) is 6.33 Å². The molecule has 2 aliphatic rings. The lowest BCUT2D eigenvalue weighted by Crippen LogP contribution is -2.31. The van der Waals surface area contributed by atoms with Crippen LogP contribution in [0.2, 0.25) is 0 Å². The molecule has 0 saturated carbocycles. The lowest BCUT2D eigenvalue weighted by molar-refractivity contribution is 0.102. The fourth-order valence-corrected chi connectivity index (χ4v) is 2.98. The van der Waals surface area contributed by atoms with Crippen LogP contribution in [0.15, 0.2) is 6.33 Å². The van der Waals surface area contributed by atoms with Crippen molar-refractivity contribution in [3.05, 3.63) is 11.9 Å². The Hall–Kier alpha value is -1.36. The van der Waals surface area contributed by atoms with Gasteiger partial charge in [-0.2, -0.15) is 0 Å². The molecule has 0 aliphatic carbocycles. The van der Waals surface area contributed by atoms with E-state index < -0.39 is 0 Å². The van der Waals surface area contributed by atoms with Gasteiger partial charge in [0, 0.05) is 12.1 Å². The van der Waals surface area contributed by atoms with Gasteiger partial charge >= 0.3 is 0 Å². The van der Waals surface area contributed by atoms with Crippen molar-refractivity contribution >= 4 is 11.6 Å². The molecule has 0 radical (unpaired) electrons. The van der Waals surface area contributed by atoms with Crippen molar-refractivity contribution in [3.63, 3.8) is 0 Å². The number of fused-ring (bicyclic) bond motifs is 2. The monoisotopic (exact) mass is 262 g/mol. The van der Waals surface area contributed by atoms with Gasteiger partial charge in [0.2, 0.25) is 0 Å². The molecule has 3 rings (SSSR count). The normalized spacial score (nSPS) is 28.6. The van der Waals surface area contributed by atoms with Crippen molar-refractivity contribution in [2.24, 2.45) is 0 Å². The molecule has 5 heteroatoms. The van der Waals surface area contributed by atoms with Gasteiger partial charge in [-0.15, -0.1) is 0 Å². The maximum absolute atomic E-state index is 5.87. The highest BCUT2D eigenvalue weighted by Crippen LogP contribution is 2.36. The molecule has 2 aliphatic heterocycles. The molecule has 0 amide bonds. The highest BCUT2D eigenvalue weighted by Gasteiger charge is 2.41. The van der Waals surface area contributed by atoms with E-state index in [1.165, 1.54) is 12.8 Å². The van der Waals surface area contributed by atoms with Gasteiger partial charge in [-0.05, 0) is 32.6 Å². The van der Waals surface area contributed by atoms with Crippen LogP contribution in [0, 0.1) is 6.92 Å². The van der Waals surface area contributed by atoms with Crippen LogP contribution in [-0.4, -0.2) is 34.8 Å². The second kappa shape index (κ2) is 5.33. The number of anilines is 2. The van der Waals surface area contributed by atoms with Gasteiger partial charge in [0.15, 0.2) is 0 Å². The average Bonchev–Trinajstić information content (AvgIpc) is 3.02. The standard InChI is InChI=1S/C14H22N4O/c1-3-6-15-13-9(2)14(17-8-16-13)18-11-7-10-4-5-12(11)19-10/h8,10-12H,3-7H2,1-2H3,(H2,15,16,17,18). The third kappa shape index (κ3) is 2.52. The lowest BCUT2D eigenvalue weighted by Gasteiger charge is -2.22. The molecule has 0 spiro atoms. The van der Waals surface area contributed by atoms with Crippen molar-refractivity contribution < 1.29 is 4.74 Å². The molecule has 1 aromatic heterocycles. The van der Waals surface area contributed by atoms with E-state index in [2.05, 4.69) is 34.4 Å². The Kier molecular flexibility index (Phi) is 3.55. The van der Waals surface area contributed by atoms with Crippen LogP contribution >= 0.6 is 0 Å². The first-order valence-corrected chi connectivity index (χ1v) is 7.25. The molecule has 2 fully saturated rings. The zero-order valence-electron chi connectivity index (χ0n) is 11.6. The number of nitrogens with one attached hydrogen (secondary N) is 2. The first kappa shape index (κ1) is 12.7. The second-order valence-corrected chi connectivity index (χ2v) is 5.48. The number of hydrogen-bond donors (Lipinski definition) is 2. The summed E-state index contributed by atoms with van der Waals surface area (Å²) in [7, 11) is 0. The van der Waals surface area contributed by atoms with E-state index in [0.29, 0.717) is 18.2 Å². The molecule has 3 heterocycles. The molecule has 5 nitrogen and oxygen atoms in total. The van der Waals surface area contributed by atoms with Gasteiger partial charge in [0.05, 0.1) is 18.2 Å². The molecular formula is C14H22N4O. The molecule has 0 aromatic carbocycles. The van der Waals surface area contributed by atoms with Crippen LogP contribution in [-0.2, 0) is 4.74 Å². The summed E-state index contributed by atoms with van der Waals surface area (Å²) < 4.78 is 5.87. The minimum absolute atomic E-state index is 0.367. The van der Waals surface area contributed by atoms with Crippen LogP contribution in [0.25, 0.3) is 0 Å². The van der Waals surface area contributed by atoms with Crippen LogP contribution in [0.1, 0.15) is 38.2 Å². The maximum Gasteiger partial charge on any atom is 0.134 e. The minimum Gasteiger partial charge on any atom is -0.373 e. The third-order valence-corrected chi connectivity index (χ3v) is 4.05. The van der Waals surface area contributed by atoms with Crippen LogP contribution in [0.5, 0.6) is 0 Å². The Balaban J connectivity index is 1.70. The SMILES string of the molecule is CCCNc1ncnc(NC2CC3CCC2O3)c1C. The first-order valence-electron chi connectivity index (χ1n) is 7.25. The third-order valence-electron chi connectivity index (χ3n) is 4.05. The molecular weight excluding hydrogens is 240 g/mol. The van der Waals surface area contributed by atoms with Gasteiger partial charge in [-0.25, -0.2) is 9.97 Å². The minimum atomic E-state index is 0.367. The Morgan fingerprint density at radius 2 is 2.16 bits per heavy atom. The number of hydrogen-bond acceptors (Lipinski definition) is 5. The predicted octanol–water partition coefficient (Wildman–Crippen LogP) is 2.34. The fraction of sp³-hybridized carbons (Fsp3) is 0.714. The van der Waals surface area contributed by atoms with Crippen LogP contribution in [0.3, 0.4) is 0 Å². The summed E-state index contributed by atoms with van der Waals surface area (Å²) in [6.45, 7) is 5.15. The Morgan fingerprint density at radius 1 is 1.32 bits per heavy atom. The smallest absolute Gasteiger partial charge is 0.134 e. The van der Waals surface area contributed by atoms with E-state index in [-0.39, 0.29) is 0 Å². The van der Waals surface area contributed by atoms with E-state index in [1.807, 2.05) is 0 Å². The zero-order chi connectivity index (χ0) is 13.2. The van der Waals surface area contributed by atoms with Gasteiger partial charge in [-0.1, -0.05) is 6.92 Å². The number of ether oxygens (including phenoxy) is 1. The van der Waals surface area contributed by atoms with Crippen molar-refractivity contribution in [2.45, 2.75) is 57.8 Å². The Bertz CT molecular complexity index is 451. The highest BCUT2D eigenvalue weighted by molar-refractivity contribution is 5.57. The van der Waals surface area contributed by atoms with Gasteiger partial charge in [0.1, 0.15) is 18.0 Å². The van der Waals surface area contributed by atoms with Gasteiger partial charge < -0.3 is 15.4 Å². The van der Waals surface area contributed by atoms with Crippen molar-refractivity contribution in [1.29, 1.82) is 0 Å². The number of nitrogens with zero attached hydrogens (tertiary/aromatic N) is 2. The van der Waals surface area contributed by atoms with Crippen molar-refractivity contribution in [1.82, 2.24) is 9.97 Å². The summed E-state index contributed by atoms with van der Waals surface area (Å²) in [5.74, 6) is 1.87. The lowest BCUT2D eigenvalue weighted by atomic mass is 9.95. The molecule has 3 atom stereocenters. The number of rotatable bonds is 5. The van der Waals surface area contributed by atoms with E-state index in [4.69, 9.17) is 4.74 Å². The van der Waals surface area contributed by atoms with Gasteiger partial charge in [0.25, 0.3) is 0 Å². The Morgan fingerprint density at radius 3 is 2.84 bits per heavy atom. The van der Waals surface area contributed by atoms with E-state index in [0.717, 1.165) is 36.6 Å². The summed E-state index contributed by atoms with van der Waals surface area (Å²) in [6, 6.07) is 0.409. The first-order chi connectivity index (χ1) is 9.28. The summed E-state index contributed by atoms with van der Waals surface area (Å²) in [5, 5.41) is 6.88. The van der Waals surface area contributed by atoms with Crippen LogP contribution in [0.4, 0.5) is 11.6 Å². The maximum atomic E-state index is 5.87. The highest BCUT2D eigenvalue weighted by atomic mass is 16.5. The fourth-order valence-electron chi connectivity index (χ4n) is 2.98. The Labute approximate surface area is 114 Å². The largest absolute Gasteiger partial charge is 0.373 e. The summed E-state index contributed by atoms with van der Waals surface area (Å²) in [4.78, 5) is 8.68. The second-order valence-electron chi connectivity index (χ2n) is 5.48. The molecule has 2 N–H and O–H groups in total. The zero-order valence-corrected chi connectivity index (χ0v) is 11.6. The number of aromatic nitrogens is 2. The summed E-state index contributed by atoms with van der Waals surface area (Å²) in [6.07, 6.45) is 7.04. The molecule has 3 unspecified atom stereocenters. The molecule has 2 bridgehead atoms. The van der Waals surface area contributed by atoms with E-state index in [9.17, 15) is 0 Å². The topological polar surface area (TPSA) is 59.1 Å². The van der Waals surface area contributed by atoms with Crippen LogP contribution < -0.4 is 10.6 Å².